The van der Waals surface area contributed by atoms with Gasteiger partial charge in [-0.25, -0.2) is 0 Å². The molecule has 1 rings (SSSR count). The molecule has 15 heavy (non-hydrogen) atoms. The molecular weight excluding hydrogens is 196 g/mol. The van der Waals surface area contributed by atoms with E-state index in [9.17, 15) is 9.59 Å². The maximum absolute atomic E-state index is 11.8. The summed E-state index contributed by atoms with van der Waals surface area (Å²) in [5.74, 6) is -0.422. The van der Waals surface area contributed by atoms with Crippen LogP contribution in [0.25, 0.3) is 0 Å². The number of hydrogen-bond donors (Lipinski definition) is 1. The SMILES string of the molecule is COC(=O)C(N)CN1CCC(C)(C)C1=O. The van der Waals surface area contributed by atoms with E-state index in [-0.39, 0.29) is 17.9 Å². The molecule has 86 valence electrons. The molecule has 1 saturated heterocycles. The Labute approximate surface area is 89.6 Å². The molecule has 1 amide bonds. The monoisotopic (exact) mass is 214 g/mol. The number of esters is 1. The van der Waals surface area contributed by atoms with E-state index in [4.69, 9.17) is 5.73 Å². The molecule has 0 bridgehead atoms. The summed E-state index contributed by atoms with van der Waals surface area (Å²) in [6, 6.07) is -0.743. The number of nitrogens with two attached hydrogens (primary N) is 1. The quantitative estimate of drug-likeness (QED) is 0.657. The predicted octanol–water partition coefficient (Wildman–Crippen LogP) is -0.255. The summed E-state index contributed by atoms with van der Waals surface area (Å²) in [7, 11) is 1.29. The standard InChI is InChI=1S/C10H18N2O3/c1-10(2)4-5-12(9(10)14)6-7(11)8(13)15-3/h7H,4-6,11H2,1-3H3. The lowest BCUT2D eigenvalue weighted by molar-refractivity contribution is -0.143. The van der Waals surface area contributed by atoms with Gasteiger partial charge in [-0.2, -0.15) is 0 Å². The van der Waals surface area contributed by atoms with E-state index in [1.165, 1.54) is 7.11 Å². The Bertz CT molecular complexity index is 276. The van der Waals surface area contributed by atoms with Crippen molar-refractivity contribution in [3.05, 3.63) is 0 Å². The molecule has 1 atom stereocenters. The molecule has 0 spiro atoms. The van der Waals surface area contributed by atoms with Crippen LogP contribution in [0.4, 0.5) is 0 Å². The number of methoxy groups -OCH3 is 1. The van der Waals surface area contributed by atoms with Gasteiger partial charge in [-0.05, 0) is 6.42 Å². The number of likely N-dealkylation sites (tertiary alicyclic amines) is 1. The lowest BCUT2D eigenvalue weighted by atomic mass is 9.92. The minimum absolute atomic E-state index is 0.0573. The van der Waals surface area contributed by atoms with Crippen molar-refractivity contribution >= 4 is 11.9 Å². The van der Waals surface area contributed by atoms with E-state index in [1.807, 2.05) is 13.8 Å². The van der Waals surface area contributed by atoms with Gasteiger partial charge in [0.2, 0.25) is 5.91 Å². The van der Waals surface area contributed by atoms with Gasteiger partial charge in [-0.3, -0.25) is 9.59 Å². The molecule has 0 radical (unpaired) electrons. The average Bonchev–Trinajstić information content (AvgIpc) is 2.44. The van der Waals surface area contributed by atoms with Crippen LogP contribution in [0.5, 0.6) is 0 Å². The lowest BCUT2D eigenvalue weighted by Crippen LogP contribution is -2.45. The Morgan fingerprint density at radius 3 is 2.67 bits per heavy atom. The third kappa shape index (κ3) is 2.47. The molecule has 1 fully saturated rings. The van der Waals surface area contributed by atoms with E-state index >= 15 is 0 Å². The van der Waals surface area contributed by atoms with Crippen LogP contribution in [0.1, 0.15) is 20.3 Å². The first kappa shape index (κ1) is 12.0. The molecular formula is C10H18N2O3. The van der Waals surface area contributed by atoms with Crippen molar-refractivity contribution in [3.8, 4) is 0 Å². The summed E-state index contributed by atoms with van der Waals surface area (Å²) in [5, 5.41) is 0. The molecule has 2 N–H and O–H groups in total. The molecule has 1 aliphatic heterocycles. The zero-order valence-corrected chi connectivity index (χ0v) is 9.45. The Kier molecular flexibility index (Phi) is 3.34. The smallest absolute Gasteiger partial charge is 0.324 e. The van der Waals surface area contributed by atoms with Crippen LogP contribution in [0.2, 0.25) is 0 Å². The fourth-order valence-corrected chi connectivity index (χ4v) is 1.69. The van der Waals surface area contributed by atoms with Crippen molar-refractivity contribution in [1.82, 2.24) is 4.90 Å². The van der Waals surface area contributed by atoms with Gasteiger partial charge in [0, 0.05) is 18.5 Å². The predicted molar refractivity (Wildman–Crippen MR) is 55.0 cm³/mol. The van der Waals surface area contributed by atoms with Crippen LogP contribution in [-0.2, 0) is 14.3 Å². The third-order valence-electron chi connectivity index (χ3n) is 2.79. The van der Waals surface area contributed by atoms with Crippen molar-refractivity contribution in [2.45, 2.75) is 26.3 Å². The van der Waals surface area contributed by atoms with E-state index in [0.29, 0.717) is 6.54 Å². The van der Waals surface area contributed by atoms with Crippen molar-refractivity contribution in [3.63, 3.8) is 0 Å². The number of amides is 1. The summed E-state index contributed by atoms with van der Waals surface area (Å²) in [6.07, 6.45) is 0.805. The zero-order valence-electron chi connectivity index (χ0n) is 9.45. The highest BCUT2D eigenvalue weighted by Gasteiger charge is 2.39. The first-order chi connectivity index (χ1) is 6.88. The van der Waals surface area contributed by atoms with Gasteiger partial charge in [-0.1, -0.05) is 13.8 Å². The molecule has 1 heterocycles. The highest BCUT2D eigenvalue weighted by Crippen LogP contribution is 2.30. The van der Waals surface area contributed by atoms with Crippen molar-refractivity contribution in [2.75, 3.05) is 20.2 Å². The molecule has 0 aliphatic carbocycles. The fraction of sp³-hybridized carbons (Fsp3) is 0.800. The Balaban J connectivity index is 2.55. The number of carbonyl (C=O) groups excluding carboxylic acids is 2. The molecule has 0 aromatic heterocycles. The largest absolute Gasteiger partial charge is 0.468 e. The van der Waals surface area contributed by atoms with E-state index in [0.717, 1.165) is 6.42 Å². The average molecular weight is 214 g/mol. The van der Waals surface area contributed by atoms with Gasteiger partial charge >= 0.3 is 5.97 Å². The molecule has 5 heteroatoms. The molecule has 1 unspecified atom stereocenters. The molecule has 5 nitrogen and oxygen atoms in total. The van der Waals surface area contributed by atoms with Gasteiger partial charge < -0.3 is 15.4 Å². The van der Waals surface area contributed by atoms with Crippen LogP contribution in [-0.4, -0.2) is 43.0 Å². The highest BCUT2D eigenvalue weighted by molar-refractivity contribution is 5.85. The summed E-state index contributed by atoms with van der Waals surface area (Å²) >= 11 is 0. The molecule has 0 saturated carbocycles. The Morgan fingerprint density at radius 2 is 2.27 bits per heavy atom. The van der Waals surface area contributed by atoms with Crippen LogP contribution in [0, 0.1) is 5.41 Å². The Morgan fingerprint density at radius 1 is 1.67 bits per heavy atom. The van der Waals surface area contributed by atoms with Crippen LogP contribution >= 0.6 is 0 Å². The second kappa shape index (κ2) is 4.18. The normalized spacial score (nSPS) is 21.6. The van der Waals surface area contributed by atoms with Crippen molar-refractivity contribution in [2.24, 2.45) is 11.1 Å². The van der Waals surface area contributed by atoms with Gasteiger partial charge in [0.15, 0.2) is 0 Å². The third-order valence-corrected chi connectivity index (χ3v) is 2.79. The van der Waals surface area contributed by atoms with Crippen LogP contribution in [0.15, 0.2) is 0 Å². The maximum Gasteiger partial charge on any atom is 0.324 e. The zero-order chi connectivity index (χ0) is 11.6. The topological polar surface area (TPSA) is 72.6 Å². The molecule has 0 aromatic rings. The number of ether oxygens (including phenoxy) is 1. The summed E-state index contributed by atoms with van der Waals surface area (Å²) < 4.78 is 4.51. The first-order valence-corrected chi connectivity index (χ1v) is 5.01. The van der Waals surface area contributed by atoms with Gasteiger partial charge in [0.1, 0.15) is 6.04 Å². The number of hydrogen-bond acceptors (Lipinski definition) is 4. The maximum atomic E-state index is 11.8. The summed E-state index contributed by atoms with van der Waals surface area (Å²) in [5.41, 5.74) is 5.27. The minimum Gasteiger partial charge on any atom is -0.468 e. The van der Waals surface area contributed by atoms with Crippen LogP contribution in [0.3, 0.4) is 0 Å². The first-order valence-electron chi connectivity index (χ1n) is 5.01. The van der Waals surface area contributed by atoms with Crippen molar-refractivity contribution < 1.29 is 14.3 Å². The number of carbonyl (C=O) groups is 2. The van der Waals surface area contributed by atoms with Crippen LogP contribution < -0.4 is 5.73 Å². The summed E-state index contributed by atoms with van der Waals surface area (Å²) in [6.45, 7) is 4.71. The number of rotatable bonds is 3. The van der Waals surface area contributed by atoms with Crippen molar-refractivity contribution in [1.29, 1.82) is 0 Å². The minimum atomic E-state index is -0.743. The second-order valence-corrected chi connectivity index (χ2v) is 4.51. The van der Waals surface area contributed by atoms with E-state index in [2.05, 4.69) is 4.74 Å². The van der Waals surface area contributed by atoms with Gasteiger partial charge in [-0.15, -0.1) is 0 Å². The highest BCUT2D eigenvalue weighted by atomic mass is 16.5. The molecule has 0 aromatic carbocycles. The Hall–Kier alpha value is -1.10. The molecule has 1 aliphatic rings. The number of nitrogens with zero attached hydrogens (tertiary/aromatic N) is 1. The summed E-state index contributed by atoms with van der Waals surface area (Å²) in [4.78, 5) is 24.5. The van der Waals surface area contributed by atoms with Gasteiger partial charge in [0.05, 0.1) is 7.11 Å². The fourth-order valence-electron chi connectivity index (χ4n) is 1.69. The lowest BCUT2D eigenvalue weighted by Gasteiger charge is -2.21. The second-order valence-electron chi connectivity index (χ2n) is 4.51. The van der Waals surface area contributed by atoms with E-state index in [1.54, 1.807) is 4.90 Å². The van der Waals surface area contributed by atoms with Gasteiger partial charge in [0.25, 0.3) is 0 Å². The van der Waals surface area contributed by atoms with E-state index < -0.39 is 12.0 Å².